The number of benzene rings is 2. The molecule has 0 radical (unpaired) electrons. The van der Waals surface area contributed by atoms with Gasteiger partial charge in [-0.3, -0.25) is 9.69 Å². The van der Waals surface area contributed by atoms with Gasteiger partial charge in [-0.25, -0.2) is 8.78 Å². The maximum Gasteiger partial charge on any atom is 0.230 e. The molecular weight excluding hydrogens is 354 g/mol. The van der Waals surface area contributed by atoms with E-state index in [4.69, 9.17) is 0 Å². The van der Waals surface area contributed by atoms with Gasteiger partial charge in [-0.05, 0) is 42.4 Å². The SMILES string of the molecule is CCN(CC)Cc1ccccc1CNC(=O)CSc1ccc(F)c(F)c1. The van der Waals surface area contributed by atoms with Crippen molar-refractivity contribution in [3.05, 3.63) is 65.2 Å². The van der Waals surface area contributed by atoms with Gasteiger partial charge in [-0.1, -0.05) is 38.1 Å². The standard InChI is InChI=1S/C20H24F2N2OS/c1-3-24(4-2)13-16-8-6-5-7-15(16)12-23-20(25)14-26-17-9-10-18(21)19(22)11-17/h5-11H,3-4,12-14H2,1-2H3,(H,23,25). The smallest absolute Gasteiger partial charge is 0.230 e. The zero-order chi connectivity index (χ0) is 18.9. The molecule has 0 spiro atoms. The molecule has 0 bridgehead atoms. The highest BCUT2D eigenvalue weighted by molar-refractivity contribution is 8.00. The van der Waals surface area contributed by atoms with E-state index >= 15 is 0 Å². The topological polar surface area (TPSA) is 32.3 Å². The highest BCUT2D eigenvalue weighted by Gasteiger charge is 2.09. The van der Waals surface area contributed by atoms with Gasteiger partial charge in [0.15, 0.2) is 11.6 Å². The zero-order valence-corrected chi connectivity index (χ0v) is 15.9. The van der Waals surface area contributed by atoms with E-state index < -0.39 is 11.6 Å². The summed E-state index contributed by atoms with van der Waals surface area (Å²) >= 11 is 1.18. The number of amides is 1. The minimum absolute atomic E-state index is 0.141. The molecular formula is C20H24F2N2OS. The maximum atomic E-state index is 13.2. The average molecular weight is 378 g/mol. The Hall–Kier alpha value is -1.92. The molecule has 0 atom stereocenters. The zero-order valence-electron chi connectivity index (χ0n) is 15.1. The van der Waals surface area contributed by atoms with E-state index in [0.717, 1.165) is 37.3 Å². The lowest BCUT2D eigenvalue weighted by Gasteiger charge is -2.20. The second-order valence-corrected chi connectivity index (χ2v) is 6.92. The van der Waals surface area contributed by atoms with E-state index in [-0.39, 0.29) is 11.7 Å². The van der Waals surface area contributed by atoms with Crippen LogP contribution in [0.15, 0.2) is 47.4 Å². The first-order chi connectivity index (χ1) is 12.5. The van der Waals surface area contributed by atoms with Crippen molar-refractivity contribution in [1.82, 2.24) is 10.2 Å². The molecule has 1 N–H and O–H groups in total. The van der Waals surface area contributed by atoms with Crippen molar-refractivity contribution in [1.29, 1.82) is 0 Å². The van der Waals surface area contributed by atoms with Gasteiger partial charge in [0.05, 0.1) is 5.75 Å². The fraction of sp³-hybridized carbons (Fsp3) is 0.350. The Morgan fingerprint density at radius 2 is 1.73 bits per heavy atom. The summed E-state index contributed by atoms with van der Waals surface area (Å²) in [5.74, 6) is -1.77. The van der Waals surface area contributed by atoms with Gasteiger partial charge in [0, 0.05) is 18.0 Å². The summed E-state index contributed by atoms with van der Waals surface area (Å²) in [6.07, 6.45) is 0. The quantitative estimate of drug-likeness (QED) is 0.663. The molecule has 0 saturated carbocycles. The Labute approximate surface area is 157 Å². The van der Waals surface area contributed by atoms with Crippen LogP contribution in [-0.4, -0.2) is 29.6 Å². The van der Waals surface area contributed by atoms with E-state index in [1.165, 1.54) is 23.4 Å². The lowest BCUT2D eigenvalue weighted by molar-refractivity contribution is -0.118. The second kappa shape index (κ2) is 10.3. The molecule has 0 unspecified atom stereocenters. The number of hydrogen-bond donors (Lipinski definition) is 1. The van der Waals surface area contributed by atoms with Gasteiger partial charge < -0.3 is 5.32 Å². The fourth-order valence-corrected chi connectivity index (χ4v) is 3.28. The van der Waals surface area contributed by atoms with Crippen molar-refractivity contribution in [3.63, 3.8) is 0 Å². The summed E-state index contributed by atoms with van der Waals surface area (Å²) in [6.45, 7) is 7.51. The molecule has 0 aliphatic rings. The van der Waals surface area contributed by atoms with Gasteiger partial charge in [0.1, 0.15) is 0 Å². The summed E-state index contributed by atoms with van der Waals surface area (Å²) in [5, 5.41) is 2.90. The molecule has 2 aromatic carbocycles. The summed E-state index contributed by atoms with van der Waals surface area (Å²) < 4.78 is 26.1. The number of carbonyl (C=O) groups excluding carboxylic acids is 1. The van der Waals surface area contributed by atoms with Crippen LogP contribution in [0.4, 0.5) is 8.78 Å². The van der Waals surface area contributed by atoms with Crippen LogP contribution < -0.4 is 5.32 Å². The predicted octanol–water partition coefficient (Wildman–Crippen LogP) is 4.22. The third-order valence-electron chi connectivity index (χ3n) is 4.14. The highest BCUT2D eigenvalue weighted by atomic mass is 32.2. The van der Waals surface area contributed by atoms with E-state index in [1.54, 1.807) is 0 Å². The predicted molar refractivity (Wildman–Crippen MR) is 102 cm³/mol. The number of nitrogens with one attached hydrogen (secondary N) is 1. The number of rotatable bonds is 9. The van der Waals surface area contributed by atoms with Crippen molar-refractivity contribution in [3.8, 4) is 0 Å². The van der Waals surface area contributed by atoms with Crippen molar-refractivity contribution >= 4 is 17.7 Å². The van der Waals surface area contributed by atoms with Gasteiger partial charge in [-0.15, -0.1) is 11.8 Å². The summed E-state index contributed by atoms with van der Waals surface area (Å²) in [6, 6.07) is 11.7. The maximum absolute atomic E-state index is 13.2. The monoisotopic (exact) mass is 378 g/mol. The minimum atomic E-state index is -0.902. The normalized spacial score (nSPS) is 11.0. The van der Waals surface area contributed by atoms with E-state index in [0.29, 0.717) is 11.4 Å². The molecule has 0 heterocycles. The van der Waals surface area contributed by atoms with E-state index in [1.807, 2.05) is 18.2 Å². The van der Waals surface area contributed by atoms with Crippen LogP contribution in [0.1, 0.15) is 25.0 Å². The van der Waals surface area contributed by atoms with Gasteiger partial charge >= 0.3 is 0 Å². The fourth-order valence-electron chi connectivity index (χ4n) is 2.53. The number of thioether (sulfide) groups is 1. The molecule has 0 aromatic heterocycles. The minimum Gasteiger partial charge on any atom is -0.351 e. The average Bonchev–Trinajstić information content (AvgIpc) is 2.66. The van der Waals surface area contributed by atoms with Crippen molar-refractivity contribution < 1.29 is 13.6 Å². The Bertz CT molecular complexity index is 736. The van der Waals surface area contributed by atoms with Gasteiger partial charge in [-0.2, -0.15) is 0 Å². The Kier molecular flexibility index (Phi) is 8.06. The molecule has 3 nitrogen and oxygen atoms in total. The molecule has 2 rings (SSSR count). The van der Waals surface area contributed by atoms with E-state index in [2.05, 4.69) is 30.1 Å². The Morgan fingerprint density at radius 1 is 1.04 bits per heavy atom. The van der Waals surface area contributed by atoms with Crippen LogP contribution in [0.3, 0.4) is 0 Å². The highest BCUT2D eigenvalue weighted by Crippen LogP contribution is 2.20. The van der Waals surface area contributed by atoms with Gasteiger partial charge in [0.25, 0.3) is 0 Å². The summed E-state index contributed by atoms with van der Waals surface area (Å²) in [4.78, 5) is 14.9. The van der Waals surface area contributed by atoms with Crippen molar-refractivity contribution in [2.24, 2.45) is 0 Å². The third-order valence-corrected chi connectivity index (χ3v) is 5.14. The molecule has 0 saturated heterocycles. The second-order valence-electron chi connectivity index (χ2n) is 5.87. The number of carbonyl (C=O) groups is 1. The van der Waals surface area contributed by atoms with Crippen molar-refractivity contribution in [2.45, 2.75) is 31.8 Å². The molecule has 6 heteroatoms. The third kappa shape index (κ3) is 6.11. The first-order valence-electron chi connectivity index (χ1n) is 8.67. The molecule has 0 aliphatic carbocycles. The Balaban J connectivity index is 1.88. The molecule has 140 valence electrons. The molecule has 2 aromatic rings. The number of hydrogen-bond acceptors (Lipinski definition) is 3. The first-order valence-corrected chi connectivity index (χ1v) is 9.65. The number of nitrogens with zero attached hydrogens (tertiary/aromatic N) is 1. The molecule has 1 amide bonds. The van der Waals surface area contributed by atoms with Gasteiger partial charge in [0.2, 0.25) is 5.91 Å². The summed E-state index contributed by atoms with van der Waals surface area (Å²) in [7, 11) is 0. The lowest BCUT2D eigenvalue weighted by atomic mass is 10.1. The van der Waals surface area contributed by atoms with Crippen molar-refractivity contribution in [2.75, 3.05) is 18.8 Å². The van der Waals surface area contributed by atoms with Crippen LogP contribution in [-0.2, 0) is 17.9 Å². The van der Waals surface area contributed by atoms with Crippen LogP contribution in [0.2, 0.25) is 0 Å². The Morgan fingerprint density at radius 3 is 2.38 bits per heavy atom. The van der Waals surface area contributed by atoms with E-state index in [9.17, 15) is 13.6 Å². The molecule has 0 fully saturated rings. The van der Waals surface area contributed by atoms with Crippen LogP contribution >= 0.6 is 11.8 Å². The number of halogens is 2. The van der Waals surface area contributed by atoms with Crippen LogP contribution in [0.5, 0.6) is 0 Å². The molecule has 0 aliphatic heterocycles. The largest absolute Gasteiger partial charge is 0.351 e. The lowest BCUT2D eigenvalue weighted by Crippen LogP contribution is -2.27. The van der Waals surface area contributed by atoms with Crippen LogP contribution in [0, 0.1) is 11.6 Å². The van der Waals surface area contributed by atoms with Crippen LogP contribution in [0.25, 0.3) is 0 Å². The molecule has 26 heavy (non-hydrogen) atoms. The first kappa shape index (κ1) is 20.4. The summed E-state index contributed by atoms with van der Waals surface area (Å²) in [5.41, 5.74) is 2.29.